The number of aryl methyl sites for hydroxylation is 1. The second-order valence-electron chi connectivity index (χ2n) is 7.54. The molecule has 1 aliphatic heterocycles. The molecule has 0 atom stereocenters. The van der Waals surface area contributed by atoms with Gasteiger partial charge >= 0.3 is 0 Å². The van der Waals surface area contributed by atoms with Crippen molar-refractivity contribution < 1.29 is 4.79 Å². The number of hydrogen-bond acceptors (Lipinski definition) is 4. The molecule has 4 nitrogen and oxygen atoms in total. The van der Waals surface area contributed by atoms with Crippen LogP contribution in [-0.2, 0) is 11.2 Å². The molecule has 1 amide bonds. The summed E-state index contributed by atoms with van der Waals surface area (Å²) in [6.45, 7) is 7.53. The summed E-state index contributed by atoms with van der Waals surface area (Å²) in [4.78, 5) is 19.2. The van der Waals surface area contributed by atoms with Crippen molar-refractivity contribution in [2.45, 2.75) is 45.1 Å². The van der Waals surface area contributed by atoms with Crippen LogP contribution in [0.25, 0.3) is 0 Å². The number of hydrogen-bond donors (Lipinski definition) is 0. The molecule has 0 N–H and O–H groups in total. The molecule has 1 aromatic heterocycles. The Balaban J connectivity index is 1.54. The number of benzene rings is 1. The number of piperidine rings is 1. The Labute approximate surface area is 172 Å². The maximum atomic E-state index is 12.7. The van der Waals surface area contributed by atoms with Gasteiger partial charge in [-0.25, -0.2) is 4.98 Å². The number of thioether (sulfide) groups is 1. The van der Waals surface area contributed by atoms with Crippen molar-refractivity contribution in [1.82, 2.24) is 9.88 Å². The number of rotatable bonds is 5. The van der Waals surface area contributed by atoms with Crippen LogP contribution < -0.4 is 0 Å². The van der Waals surface area contributed by atoms with E-state index in [1.807, 2.05) is 31.7 Å². The predicted octanol–water partition coefficient (Wildman–Crippen LogP) is 4.45. The van der Waals surface area contributed by atoms with Gasteiger partial charge in [-0.1, -0.05) is 42.1 Å². The molecule has 2 aromatic rings. The molecule has 1 fully saturated rings. The minimum Gasteiger partial charge on any atom is -0.342 e. The van der Waals surface area contributed by atoms with Crippen molar-refractivity contribution >= 4 is 17.7 Å². The lowest BCUT2D eigenvalue weighted by molar-refractivity contribution is -0.129. The van der Waals surface area contributed by atoms with E-state index in [0.29, 0.717) is 22.3 Å². The van der Waals surface area contributed by atoms with Gasteiger partial charge in [0, 0.05) is 18.8 Å². The quantitative estimate of drug-likeness (QED) is 0.704. The Morgan fingerprint density at radius 2 is 1.86 bits per heavy atom. The first kappa shape index (κ1) is 20.4. The molecule has 28 heavy (non-hydrogen) atoms. The summed E-state index contributed by atoms with van der Waals surface area (Å²) in [7, 11) is 0. The highest BCUT2D eigenvalue weighted by molar-refractivity contribution is 8.00. The van der Waals surface area contributed by atoms with E-state index in [1.165, 1.54) is 17.3 Å². The van der Waals surface area contributed by atoms with E-state index >= 15 is 0 Å². The summed E-state index contributed by atoms with van der Waals surface area (Å²) in [5.41, 5.74) is 4.91. The van der Waals surface area contributed by atoms with Gasteiger partial charge in [-0.3, -0.25) is 4.79 Å². The van der Waals surface area contributed by atoms with E-state index in [9.17, 15) is 10.1 Å². The second-order valence-corrected chi connectivity index (χ2v) is 8.51. The van der Waals surface area contributed by atoms with Gasteiger partial charge < -0.3 is 4.90 Å². The third kappa shape index (κ3) is 4.74. The Hall–Kier alpha value is -2.32. The molecule has 3 rings (SSSR count). The lowest BCUT2D eigenvalue weighted by Gasteiger charge is -2.32. The number of carbonyl (C=O) groups excluding carboxylic acids is 1. The number of likely N-dealkylation sites (tertiary alicyclic amines) is 1. The highest BCUT2D eigenvalue weighted by Crippen LogP contribution is 2.27. The highest BCUT2D eigenvalue weighted by Gasteiger charge is 2.23. The van der Waals surface area contributed by atoms with E-state index < -0.39 is 0 Å². The van der Waals surface area contributed by atoms with Crippen LogP contribution in [0.2, 0.25) is 0 Å². The van der Waals surface area contributed by atoms with Gasteiger partial charge in [0.2, 0.25) is 5.91 Å². The fourth-order valence-electron chi connectivity index (χ4n) is 3.70. The van der Waals surface area contributed by atoms with Crippen molar-refractivity contribution in [1.29, 1.82) is 5.26 Å². The first-order valence-electron chi connectivity index (χ1n) is 9.82. The van der Waals surface area contributed by atoms with Crippen LogP contribution in [0, 0.1) is 38.0 Å². The highest BCUT2D eigenvalue weighted by atomic mass is 32.2. The monoisotopic (exact) mass is 393 g/mol. The molecule has 5 heteroatoms. The summed E-state index contributed by atoms with van der Waals surface area (Å²) < 4.78 is 0. The zero-order chi connectivity index (χ0) is 20.1. The molecule has 146 valence electrons. The van der Waals surface area contributed by atoms with E-state index in [4.69, 9.17) is 0 Å². The first-order chi connectivity index (χ1) is 13.5. The van der Waals surface area contributed by atoms with Crippen LogP contribution >= 0.6 is 11.8 Å². The third-order valence-electron chi connectivity index (χ3n) is 5.74. The Bertz CT molecular complexity index is 881. The summed E-state index contributed by atoms with van der Waals surface area (Å²) in [6, 6.07) is 12.8. The van der Waals surface area contributed by atoms with Gasteiger partial charge in [0.1, 0.15) is 11.1 Å². The maximum Gasteiger partial charge on any atom is 0.232 e. The fraction of sp³-hybridized carbons (Fsp3) is 0.435. The van der Waals surface area contributed by atoms with Crippen molar-refractivity contribution in [2.24, 2.45) is 5.92 Å². The third-order valence-corrected chi connectivity index (χ3v) is 6.70. The van der Waals surface area contributed by atoms with Crippen LogP contribution in [0.1, 0.15) is 40.8 Å². The summed E-state index contributed by atoms with van der Waals surface area (Å²) in [6.07, 6.45) is 3.19. The first-order valence-corrected chi connectivity index (χ1v) is 10.8. The molecule has 0 unspecified atom stereocenters. The van der Waals surface area contributed by atoms with Crippen LogP contribution in [0.4, 0.5) is 0 Å². The van der Waals surface area contributed by atoms with E-state index in [0.717, 1.165) is 49.2 Å². The average molecular weight is 394 g/mol. The number of pyridine rings is 1. The van der Waals surface area contributed by atoms with Crippen molar-refractivity contribution in [3.63, 3.8) is 0 Å². The lowest BCUT2D eigenvalue weighted by Crippen LogP contribution is -2.39. The van der Waals surface area contributed by atoms with Gasteiger partial charge in [-0.15, -0.1) is 0 Å². The minimum absolute atomic E-state index is 0.143. The fourth-order valence-corrected chi connectivity index (χ4v) is 4.69. The molecule has 0 saturated carbocycles. The number of nitriles is 1. The predicted molar refractivity (Wildman–Crippen MR) is 113 cm³/mol. The molecular weight excluding hydrogens is 366 g/mol. The summed E-state index contributed by atoms with van der Waals surface area (Å²) >= 11 is 1.39. The smallest absolute Gasteiger partial charge is 0.232 e. The number of carbonyl (C=O) groups is 1. The number of nitrogens with zero attached hydrogens (tertiary/aromatic N) is 3. The number of aromatic nitrogens is 1. The standard InChI is InChI=1S/C23H27N3OS/c1-16-17(2)21(14-24)23(25-18(16)3)28-15-22(27)26-11-9-20(10-12-26)13-19-7-5-4-6-8-19/h4-8,20H,9-13,15H2,1-3H3. The molecule has 0 aliphatic carbocycles. The summed E-state index contributed by atoms with van der Waals surface area (Å²) in [5, 5.41) is 10.2. The van der Waals surface area contributed by atoms with Gasteiger partial charge in [0.05, 0.1) is 11.3 Å². The Morgan fingerprint density at radius 3 is 2.50 bits per heavy atom. The molecule has 0 radical (unpaired) electrons. The van der Waals surface area contributed by atoms with Crippen LogP contribution in [0.3, 0.4) is 0 Å². The van der Waals surface area contributed by atoms with E-state index in [2.05, 4.69) is 35.3 Å². The minimum atomic E-state index is 0.143. The van der Waals surface area contributed by atoms with Crippen molar-refractivity contribution in [3.05, 3.63) is 58.3 Å². The largest absolute Gasteiger partial charge is 0.342 e. The topological polar surface area (TPSA) is 57.0 Å². The van der Waals surface area contributed by atoms with Crippen LogP contribution in [0.15, 0.2) is 35.4 Å². The Morgan fingerprint density at radius 1 is 1.18 bits per heavy atom. The molecular formula is C23H27N3OS. The molecule has 0 spiro atoms. The van der Waals surface area contributed by atoms with Gasteiger partial charge in [0.25, 0.3) is 0 Å². The van der Waals surface area contributed by atoms with Crippen molar-refractivity contribution in [2.75, 3.05) is 18.8 Å². The maximum absolute atomic E-state index is 12.7. The molecule has 2 heterocycles. The summed E-state index contributed by atoms with van der Waals surface area (Å²) in [5.74, 6) is 1.13. The molecule has 0 bridgehead atoms. The zero-order valence-corrected chi connectivity index (χ0v) is 17.7. The van der Waals surface area contributed by atoms with Gasteiger partial charge in [-0.05, 0) is 62.6 Å². The Kier molecular flexibility index (Phi) is 6.74. The van der Waals surface area contributed by atoms with E-state index in [1.54, 1.807) is 0 Å². The zero-order valence-electron chi connectivity index (χ0n) is 16.9. The number of amides is 1. The molecule has 1 saturated heterocycles. The molecule has 1 aliphatic rings. The van der Waals surface area contributed by atoms with E-state index in [-0.39, 0.29) is 5.91 Å². The SMILES string of the molecule is Cc1nc(SCC(=O)N2CCC(Cc3ccccc3)CC2)c(C#N)c(C)c1C. The van der Waals surface area contributed by atoms with Gasteiger partial charge in [0.15, 0.2) is 0 Å². The molecule has 1 aromatic carbocycles. The average Bonchev–Trinajstić information content (AvgIpc) is 2.71. The second kappa shape index (κ2) is 9.25. The van der Waals surface area contributed by atoms with Crippen LogP contribution in [-0.4, -0.2) is 34.6 Å². The van der Waals surface area contributed by atoms with Crippen molar-refractivity contribution in [3.8, 4) is 6.07 Å². The van der Waals surface area contributed by atoms with Gasteiger partial charge in [-0.2, -0.15) is 5.26 Å². The normalized spacial score (nSPS) is 14.7. The van der Waals surface area contributed by atoms with Crippen LogP contribution in [0.5, 0.6) is 0 Å². The lowest BCUT2D eigenvalue weighted by atomic mass is 9.90.